The fraction of sp³-hybridized carbons (Fsp3) is 0.375. The van der Waals surface area contributed by atoms with Gasteiger partial charge in [-0.15, -0.1) is 0 Å². The third kappa shape index (κ3) is 5.81. The number of benzene rings is 2. The summed E-state index contributed by atoms with van der Waals surface area (Å²) in [4.78, 5) is 32.3. The summed E-state index contributed by atoms with van der Waals surface area (Å²) in [5, 5.41) is 1.48. The third-order valence-corrected chi connectivity index (χ3v) is 6.27. The van der Waals surface area contributed by atoms with Crippen molar-refractivity contribution in [2.24, 2.45) is 5.92 Å². The van der Waals surface area contributed by atoms with Gasteiger partial charge in [0.2, 0.25) is 5.91 Å². The fourth-order valence-electron chi connectivity index (χ4n) is 3.47. The monoisotopic (exact) mass is 489 g/mol. The molecule has 0 aliphatic heterocycles. The second kappa shape index (κ2) is 10.9. The van der Waals surface area contributed by atoms with E-state index in [0.717, 1.165) is 5.56 Å². The predicted octanol–water partition coefficient (Wildman–Crippen LogP) is 4.47. The van der Waals surface area contributed by atoms with Crippen molar-refractivity contribution < 1.29 is 14.3 Å². The van der Waals surface area contributed by atoms with Gasteiger partial charge in [0, 0.05) is 30.7 Å². The molecule has 1 aromatic heterocycles. The van der Waals surface area contributed by atoms with Gasteiger partial charge in [-0.05, 0) is 30.2 Å². The number of thioether (sulfide) groups is 1. The van der Waals surface area contributed by atoms with Crippen LogP contribution in [0.2, 0.25) is 5.02 Å². The Balaban J connectivity index is 1.81. The van der Waals surface area contributed by atoms with Gasteiger partial charge in [0.15, 0.2) is 16.7 Å². The minimum Gasteiger partial charge on any atom is -0.493 e. The van der Waals surface area contributed by atoms with Gasteiger partial charge >= 0.3 is 0 Å². The number of hydrogen-bond acceptors (Lipinski definition) is 6. The molecule has 0 saturated carbocycles. The number of para-hydroxylation sites is 1. The molecule has 176 valence electrons. The molecule has 0 N–H and O–H groups in total. The standard InChI is InChI=1S/C24H28ClN3O4S/c1-15(2)12-28-23(30)18-11-17(25)9-10-19(18)26-24(28)33-14-21(29)27(3)13-16-7-6-8-20(31-4)22(16)32-5/h6-11,15H,12-14H2,1-5H3. The molecule has 0 atom stereocenters. The highest BCUT2D eigenvalue weighted by Gasteiger charge is 2.18. The average molecular weight is 490 g/mol. The Hall–Kier alpha value is -2.71. The van der Waals surface area contributed by atoms with E-state index in [9.17, 15) is 9.59 Å². The van der Waals surface area contributed by atoms with Crippen LogP contribution in [0.3, 0.4) is 0 Å². The van der Waals surface area contributed by atoms with Gasteiger partial charge in [-0.25, -0.2) is 4.98 Å². The number of fused-ring (bicyclic) bond motifs is 1. The third-order valence-electron chi connectivity index (χ3n) is 5.07. The molecule has 33 heavy (non-hydrogen) atoms. The van der Waals surface area contributed by atoms with Gasteiger partial charge in [0.25, 0.3) is 5.56 Å². The molecule has 1 heterocycles. The van der Waals surface area contributed by atoms with Crippen LogP contribution in [0, 0.1) is 5.92 Å². The molecule has 1 amide bonds. The Bertz CT molecular complexity index is 1210. The van der Waals surface area contributed by atoms with Crippen LogP contribution in [0.1, 0.15) is 19.4 Å². The van der Waals surface area contributed by atoms with E-state index in [2.05, 4.69) is 4.98 Å². The average Bonchev–Trinajstić information content (AvgIpc) is 2.79. The lowest BCUT2D eigenvalue weighted by atomic mass is 10.1. The summed E-state index contributed by atoms with van der Waals surface area (Å²) in [6.45, 7) is 4.93. The summed E-state index contributed by atoms with van der Waals surface area (Å²) in [6, 6.07) is 10.6. The van der Waals surface area contributed by atoms with E-state index in [0.29, 0.717) is 45.7 Å². The molecule has 0 unspecified atom stereocenters. The quantitative estimate of drug-likeness (QED) is 0.326. The van der Waals surface area contributed by atoms with E-state index in [1.807, 2.05) is 32.0 Å². The Morgan fingerprint density at radius 1 is 1.21 bits per heavy atom. The molecule has 3 rings (SSSR count). The van der Waals surface area contributed by atoms with Crippen LogP contribution in [0.25, 0.3) is 10.9 Å². The molecule has 0 fully saturated rings. The number of amides is 1. The van der Waals surface area contributed by atoms with Gasteiger partial charge in [-0.3, -0.25) is 14.2 Å². The molecule has 0 radical (unpaired) electrons. The molecular formula is C24H28ClN3O4S. The first-order valence-electron chi connectivity index (χ1n) is 10.5. The zero-order valence-electron chi connectivity index (χ0n) is 19.4. The van der Waals surface area contributed by atoms with Crippen molar-refractivity contribution in [3.8, 4) is 11.5 Å². The van der Waals surface area contributed by atoms with E-state index < -0.39 is 0 Å². The first-order chi connectivity index (χ1) is 15.7. The minimum atomic E-state index is -0.152. The fourth-order valence-corrected chi connectivity index (χ4v) is 4.59. The smallest absolute Gasteiger partial charge is 0.262 e. The number of ether oxygens (including phenoxy) is 2. The largest absolute Gasteiger partial charge is 0.493 e. The van der Waals surface area contributed by atoms with Crippen LogP contribution in [-0.2, 0) is 17.9 Å². The molecule has 0 spiro atoms. The van der Waals surface area contributed by atoms with Gasteiger partial charge in [0.1, 0.15) is 0 Å². The maximum Gasteiger partial charge on any atom is 0.262 e. The van der Waals surface area contributed by atoms with Crippen molar-refractivity contribution in [3.05, 3.63) is 57.3 Å². The lowest BCUT2D eigenvalue weighted by Gasteiger charge is -2.20. The second-order valence-corrected chi connectivity index (χ2v) is 9.44. The summed E-state index contributed by atoms with van der Waals surface area (Å²) in [5.41, 5.74) is 1.25. The number of carbonyl (C=O) groups excluding carboxylic acids is 1. The van der Waals surface area contributed by atoms with Crippen molar-refractivity contribution in [1.82, 2.24) is 14.5 Å². The van der Waals surface area contributed by atoms with Gasteiger partial charge in [-0.2, -0.15) is 0 Å². The number of nitrogens with zero attached hydrogens (tertiary/aromatic N) is 3. The minimum absolute atomic E-state index is 0.0913. The van der Waals surface area contributed by atoms with Crippen molar-refractivity contribution >= 4 is 40.2 Å². The number of methoxy groups -OCH3 is 2. The molecule has 0 bridgehead atoms. The van der Waals surface area contributed by atoms with Gasteiger partial charge in [-0.1, -0.05) is 49.3 Å². The summed E-state index contributed by atoms with van der Waals surface area (Å²) < 4.78 is 12.4. The molecule has 0 aliphatic carbocycles. The summed E-state index contributed by atoms with van der Waals surface area (Å²) in [5.74, 6) is 1.51. The van der Waals surface area contributed by atoms with Crippen molar-refractivity contribution in [3.63, 3.8) is 0 Å². The molecule has 0 aliphatic rings. The van der Waals surface area contributed by atoms with Crippen LogP contribution in [0.4, 0.5) is 0 Å². The molecule has 0 saturated heterocycles. The first kappa shape index (κ1) is 24.9. The maximum absolute atomic E-state index is 13.1. The normalized spacial score (nSPS) is 11.1. The van der Waals surface area contributed by atoms with E-state index in [1.165, 1.54) is 11.8 Å². The van der Waals surface area contributed by atoms with E-state index >= 15 is 0 Å². The topological polar surface area (TPSA) is 73.7 Å². The lowest BCUT2D eigenvalue weighted by molar-refractivity contribution is -0.127. The van der Waals surface area contributed by atoms with Crippen molar-refractivity contribution in [2.75, 3.05) is 27.0 Å². The number of hydrogen-bond donors (Lipinski definition) is 0. The molecule has 2 aromatic carbocycles. The predicted molar refractivity (Wildman–Crippen MR) is 133 cm³/mol. The number of rotatable bonds is 9. The zero-order chi connectivity index (χ0) is 24.1. The summed E-state index contributed by atoms with van der Waals surface area (Å²) in [7, 11) is 4.89. The second-order valence-electron chi connectivity index (χ2n) is 8.06. The summed E-state index contributed by atoms with van der Waals surface area (Å²) >= 11 is 7.34. The van der Waals surface area contributed by atoms with Crippen LogP contribution in [-0.4, -0.2) is 47.4 Å². The molecule has 7 nitrogen and oxygen atoms in total. The number of aromatic nitrogens is 2. The van der Waals surface area contributed by atoms with E-state index in [1.54, 1.807) is 48.9 Å². The number of halogens is 1. The maximum atomic E-state index is 13.1. The number of carbonyl (C=O) groups is 1. The molecule has 3 aromatic rings. The Labute approximate surface area is 202 Å². The summed E-state index contributed by atoms with van der Waals surface area (Å²) in [6.07, 6.45) is 0. The first-order valence-corrected chi connectivity index (χ1v) is 11.9. The van der Waals surface area contributed by atoms with Crippen LogP contribution in [0.5, 0.6) is 11.5 Å². The molecule has 9 heteroatoms. The van der Waals surface area contributed by atoms with Gasteiger partial charge in [0.05, 0.1) is 30.9 Å². The van der Waals surface area contributed by atoms with Crippen molar-refractivity contribution in [2.45, 2.75) is 32.1 Å². The SMILES string of the molecule is COc1cccc(CN(C)C(=O)CSc2nc3ccc(Cl)cc3c(=O)n2CC(C)C)c1OC. The van der Waals surface area contributed by atoms with Crippen LogP contribution < -0.4 is 15.0 Å². The Morgan fingerprint density at radius 3 is 2.64 bits per heavy atom. The highest BCUT2D eigenvalue weighted by Crippen LogP contribution is 2.31. The van der Waals surface area contributed by atoms with E-state index in [4.69, 9.17) is 21.1 Å². The Morgan fingerprint density at radius 2 is 1.97 bits per heavy atom. The van der Waals surface area contributed by atoms with Gasteiger partial charge < -0.3 is 14.4 Å². The van der Waals surface area contributed by atoms with Crippen molar-refractivity contribution in [1.29, 1.82) is 0 Å². The van der Waals surface area contributed by atoms with E-state index in [-0.39, 0.29) is 23.1 Å². The lowest BCUT2D eigenvalue weighted by Crippen LogP contribution is -2.29. The zero-order valence-corrected chi connectivity index (χ0v) is 21.0. The Kier molecular flexibility index (Phi) is 8.26. The van der Waals surface area contributed by atoms with Crippen LogP contribution in [0.15, 0.2) is 46.3 Å². The highest BCUT2D eigenvalue weighted by molar-refractivity contribution is 7.99. The molecular weight excluding hydrogens is 462 g/mol. The highest BCUT2D eigenvalue weighted by atomic mass is 35.5. The van der Waals surface area contributed by atoms with Crippen LogP contribution >= 0.6 is 23.4 Å².